The van der Waals surface area contributed by atoms with Gasteiger partial charge >= 0.3 is 0 Å². The van der Waals surface area contributed by atoms with E-state index >= 15 is 0 Å². The van der Waals surface area contributed by atoms with Crippen molar-refractivity contribution in [1.29, 1.82) is 0 Å². The molecule has 25 heavy (non-hydrogen) atoms. The molecule has 0 N–H and O–H groups in total. The van der Waals surface area contributed by atoms with Crippen LogP contribution in [0.5, 0.6) is 0 Å². The van der Waals surface area contributed by atoms with E-state index < -0.39 is 8.07 Å². The van der Waals surface area contributed by atoms with Gasteiger partial charge in [0.1, 0.15) is 6.29 Å². The van der Waals surface area contributed by atoms with Gasteiger partial charge in [-0.3, -0.25) is 0 Å². The monoisotopic (exact) mass is 356 g/mol. The van der Waals surface area contributed by atoms with Gasteiger partial charge in [0.15, 0.2) is 0 Å². The Morgan fingerprint density at radius 3 is 2.16 bits per heavy atom. The summed E-state index contributed by atoms with van der Waals surface area (Å²) < 4.78 is 0. The molecule has 1 saturated carbocycles. The van der Waals surface area contributed by atoms with Crippen LogP contribution in [0.2, 0.25) is 18.1 Å². The highest BCUT2D eigenvalue weighted by Gasteiger charge is 2.40. The van der Waals surface area contributed by atoms with Gasteiger partial charge in [0.05, 0.1) is 8.07 Å². The van der Waals surface area contributed by atoms with E-state index in [-0.39, 0.29) is 0 Å². The van der Waals surface area contributed by atoms with Crippen LogP contribution in [0.3, 0.4) is 0 Å². The minimum absolute atomic E-state index is 0.367. The summed E-state index contributed by atoms with van der Waals surface area (Å²) in [5.74, 6) is 2.23. The molecule has 2 heteroatoms. The Morgan fingerprint density at radius 1 is 0.920 bits per heavy atom. The van der Waals surface area contributed by atoms with Gasteiger partial charge in [-0.05, 0) is 37.5 Å². The van der Waals surface area contributed by atoms with Crippen molar-refractivity contribution >= 4 is 19.5 Å². The minimum atomic E-state index is -1.28. The Bertz CT molecular complexity index is 510. The summed E-state index contributed by atoms with van der Waals surface area (Å²) in [5, 5.41) is 1.73. The fourth-order valence-corrected chi connectivity index (χ4v) is 10.9. The van der Waals surface area contributed by atoms with Gasteiger partial charge < -0.3 is 4.79 Å². The third kappa shape index (κ3) is 4.64. The first kappa shape index (κ1) is 18.9. The molecular formula is C23H36OSi. The van der Waals surface area contributed by atoms with Crippen LogP contribution < -0.4 is 5.19 Å². The third-order valence-corrected chi connectivity index (χ3v) is 12.7. The molecule has 2 fully saturated rings. The van der Waals surface area contributed by atoms with E-state index in [1.807, 2.05) is 0 Å². The van der Waals surface area contributed by atoms with E-state index in [9.17, 15) is 4.79 Å². The molecule has 1 aliphatic carbocycles. The normalized spacial score (nSPS) is 33.1. The number of carbonyl (C=O) groups excluding carboxylic acids is 1. The largest absolute Gasteiger partial charge is 0.303 e. The molecule has 0 aromatic heterocycles. The van der Waals surface area contributed by atoms with Crippen LogP contribution in [-0.2, 0) is 4.79 Å². The Balaban J connectivity index is 1.62. The van der Waals surface area contributed by atoms with Gasteiger partial charge in [-0.15, -0.1) is 0 Å². The molecule has 1 aromatic carbocycles. The average Bonchev–Trinajstić information content (AvgIpc) is 2.69. The van der Waals surface area contributed by atoms with Crippen LogP contribution in [0.25, 0.3) is 0 Å². The summed E-state index contributed by atoms with van der Waals surface area (Å²) in [6, 6.07) is 16.1. The van der Waals surface area contributed by atoms with Gasteiger partial charge in [-0.25, -0.2) is 0 Å². The molecular weight excluding hydrogens is 320 g/mol. The van der Waals surface area contributed by atoms with Crippen molar-refractivity contribution < 1.29 is 4.79 Å². The van der Waals surface area contributed by atoms with Crippen molar-refractivity contribution in [2.24, 2.45) is 17.8 Å². The van der Waals surface area contributed by atoms with Gasteiger partial charge in [0.2, 0.25) is 0 Å². The van der Waals surface area contributed by atoms with E-state index in [4.69, 9.17) is 0 Å². The van der Waals surface area contributed by atoms with E-state index in [2.05, 4.69) is 37.3 Å². The quantitative estimate of drug-likeness (QED) is 0.335. The zero-order valence-corrected chi connectivity index (χ0v) is 17.1. The predicted molar refractivity (Wildman–Crippen MR) is 110 cm³/mol. The van der Waals surface area contributed by atoms with Crippen molar-refractivity contribution in [2.75, 3.05) is 0 Å². The molecule has 1 aliphatic heterocycles. The number of unbranched alkanes of at least 4 members (excludes halogenated alkanes) is 2. The van der Waals surface area contributed by atoms with Crippen LogP contribution in [0.4, 0.5) is 0 Å². The summed E-state index contributed by atoms with van der Waals surface area (Å²) >= 11 is 0. The number of benzene rings is 1. The molecule has 0 atom stereocenters. The Morgan fingerprint density at radius 2 is 1.56 bits per heavy atom. The second-order valence-electron chi connectivity index (χ2n) is 8.75. The number of aldehydes is 1. The Kier molecular flexibility index (Phi) is 6.92. The van der Waals surface area contributed by atoms with Crippen LogP contribution >= 0.6 is 0 Å². The zero-order valence-electron chi connectivity index (χ0n) is 16.1. The third-order valence-electron chi connectivity index (χ3n) is 7.31. The summed E-state index contributed by atoms with van der Waals surface area (Å²) in [6.45, 7) is 2.32. The molecule has 1 aromatic rings. The molecule has 1 nitrogen and oxygen atoms in total. The van der Waals surface area contributed by atoms with E-state index in [1.165, 1.54) is 69.4 Å². The van der Waals surface area contributed by atoms with Crippen molar-refractivity contribution in [3.63, 3.8) is 0 Å². The second-order valence-corrected chi connectivity index (χ2v) is 13.4. The topological polar surface area (TPSA) is 17.1 Å². The lowest BCUT2D eigenvalue weighted by atomic mass is 9.74. The molecule has 0 amide bonds. The Labute approximate surface area is 155 Å². The molecule has 2 aliphatic rings. The summed E-state index contributed by atoms with van der Waals surface area (Å²) in [7, 11) is -1.28. The van der Waals surface area contributed by atoms with Crippen LogP contribution in [0.1, 0.15) is 64.7 Å². The highest BCUT2D eigenvalue weighted by Crippen LogP contribution is 2.43. The first-order chi connectivity index (χ1) is 12.3. The number of hydrogen-bond donors (Lipinski definition) is 0. The molecule has 0 unspecified atom stereocenters. The van der Waals surface area contributed by atoms with Gasteiger partial charge in [0.25, 0.3) is 0 Å². The fraction of sp³-hybridized carbons (Fsp3) is 0.696. The first-order valence-corrected chi connectivity index (χ1v) is 13.4. The molecule has 3 rings (SSSR count). The lowest BCUT2D eigenvalue weighted by molar-refractivity contribution is -0.112. The number of rotatable bonds is 7. The lowest BCUT2D eigenvalue weighted by Gasteiger charge is -2.43. The molecule has 0 bridgehead atoms. The van der Waals surface area contributed by atoms with Crippen molar-refractivity contribution in [1.82, 2.24) is 0 Å². The maximum atomic E-state index is 11.0. The van der Waals surface area contributed by atoms with Gasteiger partial charge in [-0.2, -0.15) is 0 Å². The maximum absolute atomic E-state index is 11.0. The standard InChI is InChI=1S/C23H36OSi/c1-2-3-7-16-25(23-8-5-4-6-9-23)17-14-22(15-18-25)21-12-10-20(19-24)11-13-21/h4-6,8-9,19-22H,2-3,7,10-18H2,1H3. The average molecular weight is 357 g/mol. The Hall–Kier alpha value is -0.893. The van der Waals surface area contributed by atoms with E-state index in [0.29, 0.717) is 5.92 Å². The SMILES string of the molecule is CCCCC[Si]1(c2ccccc2)CCC(C2CCC(C=O)CC2)CC1. The smallest absolute Gasteiger partial charge is 0.123 e. The highest BCUT2D eigenvalue weighted by molar-refractivity contribution is 6.92. The summed E-state index contributed by atoms with van der Waals surface area (Å²) in [4.78, 5) is 11.0. The zero-order chi connectivity index (χ0) is 17.5. The first-order valence-electron chi connectivity index (χ1n) is 10.8. The molecule has 1 heterocycles. The number of hydrogen-bond acceptors (Lipinski definition) is 1. The summed E-state index contributed by atoms with van der Waals surface area (Å²) in [6.07, 6.45) is 13.2. The van der Waals surface area contributed by atoms with Gasteiger partial charge in [0, 0.05) is 5.92 Å². The molecule has 138 valence electrons. The molecule has 1 saturated heterocycles. The van der Waals surface area contributed by atoms with Crippen molar-refractivity contribution in [3.8, 4) is 0 Å². The number of carbonyl (C=O) groups is 1. The van der Waals surface area contributed by atoms with E-state index in [1.54, 1.807) is 5.19 Å². The molecule has 0 spiro atoms. The van der Waals surface area contributed by atoms with Crippen LogP contribution in [0.15, 0.2) is 30.3 Å². The molecule has 0 radical (unpaired) electrons. The van der Waals surface area contributed by atoms with Crippen LogP contribution in [-0.4, -0.2) is 14.4 Å². The predicted octanol–water partition coefficient (Wildman–Crippen LogP) is 5.95. The van der Waals surface area contributed by atoms with E-state index in [0.717, 1.165) is 24.7 Å². The lowest BCUT2D eigenvalue weighted by Crippen LogP contribution is -2.50. The van der Waals surface area contributed by atoms with Crippen molar-refractivity contribution in [2.45, 2.75) is 82.8 Å². The fourth-order valence-electron chi connectivity index (χ4n) is 5.60. The minimum Gasteiger partial charge on any atom is -0.303 e. The highest BCUT2D eigenvalue weighted by atomic mass is 28.3. The van der Waals surface area contributed by atoms with Crippen LogP contribution in [0, 0.1) is 17.8 Å². The second kappa shape index (κ2) is 9.16. The maximum Gasteiger partial charge on any atom is 0.123 e. The van der Waals surface area contributed by atoms with Crippen molar-refractivity contribution in [3.05, 3.63) is 30.3 Å². The summed E-state index contributed by atoms with van der Waals surface area (Å²) in [5.41, 5.74) is 0. The van der Waals surface area contributed by atoms with Gasteiger partial charge in [-0.1, -0.05) is 92.7 Å².